The maximum Gasteiger partial charge on any atom is 0.244 e. The third kappa shape index (κ3) is 4.18. The lowest BCUT2D eigenvalue weighted by Crippen LogP contribution is -2.49. The molecular formula is C18H21BrN2O. The van der Waals surface area contributed by atoms with E-state index >= 15 is 0 Å². The van der Waals surface area contributed by atoms with E-state index in [0.717, 1.165) is 16.5 Å². The van der Waals surface area contributed by atoms with E-state index in [-0.39, 0.29) is 5.91 Å². The summed E-state index contributed by atoms with van der Waals surface area (Å²) in [5.74, 6) is -0.165. The number of hydrogen-bond donors (Lipinski definition) is 2. The number of aryl methyl sites for hydroxylation is 1. The normalized spacial score (nSPS) is 13.5. The van der Waals surface area contributed by atoms with E-state index in [1.807, 2.05) is 24.3 Å². The zero-order chi connectivity index (χ0) is 16.2. The van der Waals surface area contributed by atoms with Crippen LogP contribution in [0, 0.1) is 6.92 Å². The second-order valence-electron chi connectivity index (χ2n) is 5.70. The standard InChI is InChI=1S/C18H21BrN2O/c1-13-3-5-14(6-4-13)11-12-21-17(22)18(2,20)15-7-9-16(19)10-8-15/h3-10H,11-12,20H2,1-2H3,(H,21,22). The number of halogens is 1. The quantitative estimate of drug-likeness (QED) is 0.859. The minimum absolute atomic E-state index is 0.165. The van der Waals surface area contributed by atoms with Crippen LogP contribution in [0.4, 0.5) is 0 Å². The summed E-state index contributed by atoms with van der Waals surface area (Å²) in [4.78, 5) is 12.3. The lowest BCUT2D eigenvalue weighted by atomic mass is 9.92. The van der Waals surface area contributed by atoms with Gasteiger partial charge in [0.1, 0.15) is 5.54 Å². The first-order valence-corrected chi connectivity index (χ1v) is 8.07. The summed E-state index contributed by atoms with van der Waals surface area (Å²) in [6, 6.07) is 15.8. The Bertz CT molecular complexity index is 633. The SMILES string of the molecule is Cc1ccc(CCNC(=O)C(C)(N)c2ccc(Br)cc2)cc1. The van der Waals surface area contributed by atoms with Crippen LogP contribution in [0.15, 0.2) is 53.0 Å². The number of benzene rings is 2. The molecule has 0 fully saturated rings. The molecule has 0 radical (unpaired) electrons. The van der Waals surface area contributed by atoms with Gasteiger partial charge in [0.2, 0.25) is 5.91 Å². The van der Waals surface area contributed by atoms with Gasteiger partial charge in [0.25, 0.3) is 0 Å². The summed E-state index contributed by atoms with van der Waals surface area (Å²) in [6.07, 6.45) is 0.794. The molecule has 0 spiro atoms. The van der Waals surface area contributed by atoms with Gasteiger partial charge in [0.05, 0.1) is 0 Å². The van der Waals surface area contributed by atoms with Crippen molar-refractivity contribution in [3.63, 3.8) is 0 Å². The molecule has 22 heavy (non-hydrogen) atoms. The van der Waals surface area contributed by atoms with E-state index in [2.05, 4.69) is 52.4 Å². The minimum Gasteiger partial charge on any atom is -0.354 e. The van der Waals surface area contributed by atoms with Crippen LogP contribution in [0.2, 0.25) is 0 Å². The fraction of sp³-hybridized carbons (Fsp3) is 0.278. The van der Waals surface area contributed by atoms with Gasteiger partial charge in [-0.2, -0.15) is 0 Å². The van der Waals surface area contributed by atoms with Crippen molar-refractivity contribution in [2.45, 2.75) is 25.8 Å². The molecule has 4 heteroatoms. The van der Waals surface area contributed by atoms with E-state index in [4.69, 9.17) is 5.73 Å². The maximum absolute atomic E-state index is 12.3. The molecule has 2 rings (SSSR count). The summed E-state index contributed by atoms with van der Waals surface area (Å²) in [5, 5.41) is 2.92. The second-order valence-corrected chi connectivity index (χ2v) is 6.62. The van der Waals surface area contributed by atoms with Gasteiger partial charge < -0.3 is 11.1 Å². The molecule has 0 saturated carbocycles. The highest BCUT2D eigenvalue weighted by Gasteiger charge is 2.29. The van der Waals surface area contributed by atoms with Crippen LogP contribution in [-0.2, 0) is 16.8 Å². The van der Waals surface area contributed by atoms with Crippen LogP contribution in [0.5, 0.6) is 0 Å². The number of carbonyl (C=O) groups excluding carboxylic acids is 1. The Hall–Kier alpha value is -1.65. The van der Waals surface area contributed by atoms with Crippen molar-refractivity contribution in [1.29, 1.82) is 0 Å². The molecule has 0 aliphatic carbocycles. The maximum atomic E-state index is 12.3. The van der Waals surface area contributed by atoms with Gasteiger partial charge in [-0.15, -0.1) is 0 Å². The second kappa shape index (κ2) is 7.07. The Balaban J connectivity index is 1.93. The average Bonchev–Trinajstić information content (AvgIpc) is 2.49. The minimum atomic E-state index is -1.03. The summed E-state index contributed by atoms with van der Waals surface area (Å²) < 4.78 is 0.965. The predicted molar refractivity (Wildman–Crippen MR) is 93.6 cm³/mol. The topological polar surface area (TPSA) is 55.1 Å². The largest absolute Gasteiger partial charge is 0.354 e. The molecule has 116 valence electrons. The molecule has 0 aromatic heterocycles. The Labute approximate surface area is 140 Å². The van der Waals surface area contributed by atoms with Crippen molar-refractivity contribution in [1.82, 2.24) is 5.32 Å². The van der Waals surface area contributed by atoms with Crippen molar-refractivity contribution >= 4 is 21.8 Å². The smallest absolute Gasteiger partial charge is 0.244 e. The van der Waals surface area contributed by atoms with Gasteiger partial charge in [0, 0.05) is 11.0 Å². The Kier molecular flexibility index (Phi) is 5.37. The van der Waals surface area contributed by atoms with Crippen LogP contribution in [0.3, 0.4) is 0 Å². The molecular weight excluding hydrogens is 340 g/mol. The van der Waals surface area contributed by atoms with E-state index in [1.54, 1.807) is 6.92 Å². The van der Waals surface area contributed by atoms with Gasteiger partial charge in [-0.25, -0.2) is 0 Å². The Morgan fingerprint density at radius 2 is 1.73 bits per heavy atom. The summed E-state index contributed by atoms with van der Waals surface area (Å²) in [5.41, 5.74) is 8.40. The van der Waals surface area contributed by atoms with Crippen molar-refractivity contribution in [3.05, 3.63) is 69.7 Å². The number of amides is 1. The lowest BCUT2D eigenvalue weighted by molar-refractivity contribution is -0.126. The molecule has 0 heterocycles. The van der Waals surface area contributed by atoms with Gasteiger partial charge in [-0.1, -0.05) is 57.9 Å². The van der Waals surface area contributed by atoms with E-state index in [1.165, 1.54) is 11.1 Å². The fourth-order valence-corrected chi connectivity index (χ4v) is 2.45. The zero-order valence-corrected chi connectivity index (χ0v) is 14.5. The molecule has 2 aromatic rings. The molecule has 0 aliphatic rings. The lowest BCUT2D eigenvalue weighted by Gasteiger charge is -2.24. The molecule has 1 amide bonds. The van der Waals surface area contributed by atoms with Crippen molar-refractivity contribution < 1.29 is 4.79 Å². The number of rotatable bonds is 5. The number of carbonyl (C=O) groups is 1. The first-order valence-electron chi connectivity index (χ1n) is 7.28. The Morgan fingerprint density at radius 3 is 2.32 bits per heavy atom. The first kappa shape index (κ1) is 16.7. The van der Waals surface area contributed by atoms with Crippen LogP contribution in [-0.4, -0.2) is 12.5 Å². The molecule has 3 nitrogen and oxygen atoms in total. The zero-order valence-electron chi connectivity index (χ0n) is 12.9. The molecule has 0 bridgehead atoms. The van der Waals surface area contributed by atoms with Crippen LogP contribution in [0.25, 0.3) is 0 Å². The van der Waals surface area contributed by atoms with E-state index in [9.17, 15) is 4.79 Å². The van der Waals surface area contributed by atoms with E-state index < -0.39 is 5.54 Å². The van der Waals surface area contributed by atoms with Crippen molar-refractivity contribution in [2.75, 3.05) is 6.54 Å². The molecule has 2 aromatic carbocycles. The highest BCUT2D eigenvalue weighted by Crippen LogP contribution is 2.20. The van der Waals surface area contributed by atoms with Crippen molar-refractivity contribution in [3.8, 4) is 0 Å². The van der Waals surface area contributed by atoms with Crippen LogP contribution < -0.4 is 11.1 Å². The molecule has 1 unspecified atom stereocenters. The molecule has 0 saturated heterocycles. The van der Waals surface area contributed by atoms with Gasteiger partial charge >= 0.3 is 0 Å². The van der Waals surface area contributed by atoms with Gasteiger partial charge in [-0.05, 0) is 43.5 Å². The molecule has 1 atom stereocenters. The number of nitrogens with one attached hydrogen (secondary N) is 1. The van der Waals surface area contributed by atoms with Crippen LogP contribution >= 0.6 is 15.9 Å². The summed E-state index contributed by atoms with van der Waals surface area (Å²) in [7, 11) is 0. The monoisotopic (exact) mass is 360 g/mol. The Morgan fingerprint density at radius 1 is 1.14 bits per heavy atom. The average molecular weight is 361 g/mol. The highest BCUT2D eigenvalue weighted by atomic mass is 79.9. The third-order valence-electron chi connectivity index (χ3n) is 3.74. The summed E-state index contributed by atoms with van der Waals surface area (Å²) in [6.45, 7) is 4.37. The fourth-order valence-electron chi connectivity index (χ4n) is 2.19. The van der Waals surface area contributed by atoms with Gasteiger partial charge in [-0.3, -0.25) is 4.79 Å². The number of hydrogen-bond acceptors (Lipinski definition) is 2. The van der Waals surface area contributed by atoms with Crippen molar-refractivity contribution in [2.24, 2.45) is 5.73 Å². The highest BCUT2D eigenvalue weighted by molar-refractivity contribution is 9.10. The summed E-state index contributed by atoms with van der Waals surface area (Å²) >= 11 is 3.38. The van der Waals surface area contributed by atoms with E-state index in [0.29, 0.717) is 6.54 Å². The molecule has 3 N–H and O–H groups in total. The predicted octanol–water partition coefficient (Wildman–Crippen LogP) is 3.29. The van der Waals surface area contributed by atoms with Crippen LogP contribution in [0.1, 0.15) is 23.6 Å². The number of nitrogens with two attached hydrogens (primary N) is 1. The van der Waals surface area contributed by atoms with Gasteiger partial charge in [0.15, 0.2) is 0 Å². The third-order valence-corrected chi connectivity index (χ3v) is 4.26. The molecule has 0 aliphatic heterocycles. The first-order chi connectivity index (χ1) is 10.4.